The molecule has 0 aliphatic carbocycles. The lowest BCUT2D eigenvalue weighted by Crippen LogP contribution is -2.29. The van der Waals surface area contributed by atoms with Crippen molar-refractivity contribution in [3.63, 3.8) is 0 Å². The molecule has 72 valence electrons. The number of nitrogen functional groups attached to an aromatic ring is 1. The van der Waals surface area contributed by atoms with Gasteiger partial charge in [-0.15, -0.1) is 0 Å². The Kier molecular flexibility index (Phi) is 2.22. The van der Waals surface area contributed by atoms with E-state index in [-0.39, 0.29) is 0 Å². The van der Waals surface area contributed by atoms with Crippen molar-refractivity contribution in [2.24, 2.45) is 0 Å². The van der Waals surface area contributed by atoms with Crippen molar-refractivity contribution in [3.8, 4) is 0 Å². The van der Waals surface area contributed by atoms with Gasteiger partial charge in [0.25, 0.3) is 0 Å². The van der Waals surface area contributed by atoms with Crippen LogP contribution in [0.1, 0.15) is 31.0 Å². The summed E-state index contributed by atoms with van der Waals surface area (Å²) >= 11 is 0. The molecule has 1 saturated heterocycles. The molecule has 0 saturated carbocycles. The summed E-state index contributed by atoms with van der Waals surface area (Å²) in [7, 11) is 2.12. The fraction of sp³-hybridized carbons (Fsp3) is 0.667. The average molecular weight is 181 g/mol. The third-order valence-corrected chi connectivity index (χ3v) is 2.66. The lowest BCUT2D eigenvalue weighted by atomic mass is 10.0. The zero-order chi connectivity index (χ0) is 9.26. The molecule has 1 unspecified atom stereocenters. The van der Waals surface area contributed by atoms with Gasteiger partial charge in [-0.05, 0) is 26.4 Å². The van der Waals surface area contributed by atoms with E-state index in [0.717, 1.165) is 18.7 Å². The second-order valence-corrected chi connectivity index (χ2v) is 3.65. The summed E-state index contributed by atoms with van der Waals surface area (Å²) in [5.74, 6) is 0.411. The Morgan fingerprint density at radius 1 is 1.62 bits per heavy atom. The lowest BCUT2D eigenvalue weighted by Gasteiger charge is -2.30. The number of rotatable bonds is 1. The van der Waals surface area contributed by atoms with Crippen molar-refractivity contribution in [2.45, 2.75) is 25.3 Å². The smallest absolute Gasteiger partial charge is 0.222 e. The third kappa shape index (κ3) is 1.67. The van der Waals surface area contributed by atoms with Crippen LogP contribution >= 0.6 is 0 Å². The molecule has 2 rings (SSSR count). The van der Waals surface area contributed by atoms with Gasteiger partial charge in [-0.25, -0.2) is 0 Å². The highest BCUT2D eigenvalue weighted by Crippen LogP contribution is 2.29. The number of anilines is 1. The van der Waals surface area contributed by atoms with Crippen LogP contribution < -0.4 is 5.73 Å². The zero-order valence-corrected chi connectivity index (χ0v) is 7.86. The first-order chi connectivity index (χ1) is 6.27. The van der Waals surface area contributed by atoms with Gasteiger partial charge < -0.3 is 10.3 Å². The van der Waals surface area contributed by atoms with Crippen molar-refractivity contribution >= 4 is 5.88 Å². The summed E-state index contributed by atoms with van der Waals surface area (Å²) in [6, 6.07) is 2.22. The molecule has 0 spiro atoms. The van der Waals surface area contributed by atoms with E-state index in [1.165, 1.54) is 12.8 Å². The molecular formula is C9H15N3O. The normalized spacial score (nSPS) is 24.8. The first-order valence-corrected chi connectivity index (χ1v) is 4.69. The van der Waals surface area contributed by atoms with Gasteiger partial charge in [0.2, 0.25) is 5.88 Å². The molecule has 0 bridgehead atoms. The lowest BCUT2D eigenvalue weighted by molar-refractivity contribution is 0.179. The first kappa shape index (κ1) is 8.56. The summed E-state index contributed by atoms with van der Waals surface area (Å²) in [6.45, 7) is 1.14. The Bertz CT molecular complexity index is 284. The Morgan fingerprint density at radius 2 is 2.46 bits per heavy atom. The van der Waals surface area contributed by atoms with E-state index < -0.39 is 0 Å². The van der Waals surface area contributed by atoms with E-state index in [0.29, 0.717) is 11.9 Å². The maximum Gasteiger partial charge on any atom is 0.222 e. The van der Waals surface area contributed by atoms with Crippen LogP contribution in [-0.2, 0) is 0 Å². The van der Waals surface area contributed by atoms with Crippen molar-refractivity contribution in [1.29, 1.82) is 0 Å². The van der Waals surface area contributed by atoms with E-state index in [1.807, 2.05) is 6.07 Å². The van der Waals surface area contributed by atoms with Gasteiger partial charge in [0.15, 0.2) is 0 Å². The number of hydrogen-bond donors (Lipinski definition) is 1. The van der Waals surface area contributed by atoms with Gasteiger partial charge in [0, 0.05) is 6.07 Å². The van der Waals surface area contributed by atoms with Gasteiger partial charge in [0.1, 0.15) is 5.69 Å². The minimum Gasteiger partial charge on any atom is -0.368 e. The number of nitrogens with zero attached hydrogens (tertiary/aromatic N) is 2. The molecule has 1 aromatic rings. The Labute approximate surface area is 77.7 Å². The second kappa shape index (κ2) is 3.38. The molecule has 0 radical (unpaired) electrons. The second-order valence-electron chi connectivity index (χ2n) is 3.65. The molecule has 0 amide bonds. The first-order valence-electron chi connectivity index (χ1n) is 4.69. The minimum atomic E-state index is 0.398. The zero-order valence-electron chi connectivity index (χ0n) is 7.86. The molecule has 2 heterocycles. The SMILES string of the molecule is CN1CCCCC1c1cc(N)on1. The molecule has 2 N–H and O–H groups in total. The van der Waals surface area contributed by atoms with Gasteiger partial charge in [-0.2, -0.15) is 0 Å². The summed E-state index contributed by atoms with van der Waals surface area (Å²) in [6.07, 6.45) is 3.70. The van der Waals surface area contributed by atoms with E-state index in [2.05, 4.69) is 17.1 Å². The number of likely N-dealkylation sites (tertiary alicyclic amines) is 1. The number of piperidine rings is 1. The molecule has 13 heavy (non-hydrogen) atoms. The summed E-state index contributed by atoms with van der Waals surface area (Å²) in [4.78, 5) is 2.31. The molecule has 4 heteroatoms. The van der Waals surface area contributed by atoms with Crippen LogP contribution in [-0.4, -0.2) is 23.6 Å². The number of hydrogen-bond acceptors (Lipinski definition) is 4. The maximum absolute atomic E-state index is 5.48. The number of nitrogens with two attached hydrogens (primary N) is 1. The summed E-state index contributed by atoms with van der Waals surface area (Å²) in [5, 5.41) is 3.95. The van der Waals surface area contributed by atoms with Crippen LogP contribution in [0.4, 0.5) is 5.88 Å². The van der Waals surface area contributed by atoms with E-state index in [1.54, 1.807) is 0 Å². The summed E-state index contributed by atoms with van der Waals surface area (Å²) < 4.78 is 4.87. The summed E-state index contributed by atoms with van der Waals surface area (Å²) in [5.41, 5.74) is 6.45. The van der Waals surface area contributed by atoms with Crippen LogP contribution in [0.15, 0.2) is 10.6 Å². The average Bonchev–Trinajstić information content (AvgIpc) is 2.53. The van der Waals surface area contributed by atoms with Gasteiger partial charge in [-0.3, -0.25) is 4.90 Å². The molecule has 1 aliphatic rings. The van der Waals surface area contributed by atoms with Gasteiger partial charge >= 0.3 is 0 Å². The van der Waals surface area contributed by atoms with E-state index >= 15 is 0 Å². The molecular weight excluding hydrogens is 166 g/mol. The largest absolute Gasteiger partial charge is 0.368 e. The van der Waals surface area contributed by atoms with Crippen LogP contribution in [0, 0.1) is 0 Å². The Morgan fingerprint density at radius 3 is 3.08 bits per heavy atom. The molecule has 1 atom stereocenters. The van der Waals surface area contributed by atoms with Crippen molar-refractivity contribution < 1.29 is 4.52 Å². The molecule has 0 aromatic carbocycles. The van der Waals surface area contributed by atoms with Gasteiger partial charge in [-0.1, -0.05) is 11.6 Å². The predicted molar refractivity (Wildman–Crippen MR) is 50.1 cm³/mol. The Balaban J connectivity index is 2.14. The van der Waals surface area contributed by atoms with Gasteiger partial charge in [0.05, 0.1) is 6.04 Å². The monoisotopic (exact) mass is 181 g/mol. The maximum atomic E-state index is 5.48. The fourth-order valence-electron chi connectivity index (χ4n) is 1.91. The quantitative estimate of drug-likeness (QED) is 0.711. The van der Waals surface area contributed by atoms with E-state index in [9.17, 15) is 0 Å². The standard InChI is InChI=1S/C9H15N3O/c1-12-5-3-2-4-8(12)7-6-9(10)13-11-7/h6,8H,2-5,10H2,1H3. The highest BCUT2D eigenvalue weighted by atomic mass is 16.5. The predicted octanol–water partition coefficient (Wildman–Crippen LogP) is 1.41. The van der Waals surface area contributed by atoms with Crippen LogP contribution in [0.2, 0.25) is 0 Å². The highest BCUT2D eigenvalue weighted by Gasteiger charge is 2.23. The highest BCUT2D eigenvalue weighted by molar-refractivity contribution is 5.26. The molecule has 1 aromatic heterocycles. The van der Waals surface area contributed by atoms with Crippen LogP contribution in [0.5, 0.6) is 0 Å². The topological polar surface area (TPSA) is 55.3 Å². The third-order valence-electron chi connectivity index (χ3n) is 2.66. The Hall–Kier alpha value is -1.03. The fourth-order valence-corrected chi connectivity index (χ4v) is 1.91. The van der Waals surface area contributed by atoms with Crippen LogP contribution in [0.25, 0.3) is 0 Å². The van der Waals surface area contributed by atoms with Crippen LogP contribution in [0.3, 0.4) is 0 Å². The van der Waals surface area contributed by atoms with Crippen molar-refractivity contribution in [3.05, 3.63) is 11.8 Å². The van der Waals surface area contributed by atoms with E-state index in [4.69, 9.17) is 10.3 Å². The van der Waals surface area contributed by atoms with Crippen molar-refractivity contribution in [1.82, 2.24) is 10.1 Å². The minimum absolute atomic E-state index is 0.398. The number of aromatic nitrogens is 1. The van der Waals surface area contributed by atoms with Crippen molar-refractivity contribution in [2.75, 3.05) is 19.3 Å². The molecule has 1 fully saturated rings. The molecule has 4 nitrogen and oxygen atoms in total. The molecule has 1 aliphatic heterocycles.